The number of morpholine rings is 1. The number of carbonyl (C=O) groups excluding carboxylic acids is 2. The Kier molecular flexibility index (Phi) is 5.32. The third kappa shape index (κ3) is 4.02. The smallest absolute Gasteiger partial charge is 0.410 e. The molecule has 0 bridgehead atoms. The van der Waals surface area contributed by atoms with Crippen molar-refractivity contribution in [3.8, 4) is 0 Å². The van der Waals surface area contributed by atoms with Crippen LogP contribution in [0.3, 0.4) is 0 Å². The number of aliphatic imine (C=N–C) groups is 1. The van der Waals surface area contributed by atoms with Crippen molar-refractivity contribution in [2.45, 2.75) is 45.4 Å². The Morgan fingerprint density at radius 2 is 2.15 bits per heavy atom. The first kappa shape index (κ1) is 19.5. The number of nitrogens with zero attached hydrogens (tertiary/aromatic N) is 4. The second kappa shape index (κ2) is 7.38. The number of hydrogen-bond acceptors (Lipinski definition) is 6. The number of urea groups is 1. The quantitative estimate of drug-likeness (QED) is 0.771. The Balaban J connectivity index is 1.76. The fourth-order valence-electron chi connectivity index (χ4n) is 3.48. The third-order valence-electron chi connectivity index (χ3n) is 4.87. The van der Waals surface area contributed by atoms with Gasteiger partial charge in [-0.1, -0.05) is 0 Å². The van der Waals surface area contributed by atoms with Crippen molar-refractivity contribution in [2.24, 2.45) is 10.7 Å². The lowest BCUT2D eigenvalue weighted by molar-refractivity contribution is 0.0208. The average molecular weight is 379 g/mol. The van der Waals surface area contributed by atoms with Crippen molar-refractivity contribution < 1.29 is 19.1 Å². The van der Waals surface area contributed by atoms with Crippen molar-refractivity contribution in [1.82, 2.24) is 14.7 Å². The maximum absolute atomic E-state index is 12.8. The number of carbonyl (C=O) groups is 2. The number of ether oxygens (including phenoxy) is 2. The molecule has 0 radical (unpaired) electrons. The number of nitrogens with two attached hydrogens (primary N) is 1. The normalized spacial score (nSPS) is 26.8. The van der Waals surface area contributed by atoms with Gasteiger partial charge < -0.3 is 20.1 Å². The zero-order chi connectivity index (χ0) is 19.8. The molecule has 3 rings (SSSR count). The molecule has 9 heteroatoms. The first-order valence-corrected chi connectivity index (χ1v) is 9.32. The van der Waals surface area contributed by atoms with Gasteiger partial charge in [-0.15, -0.1) is 0 Å². The van der Waals surface area contributed by atoms with Crippen LogP contribution in [0.15, 0.2) is 16.9 Å². The molecular formula is C18H29N5O4. The Hall–Kier alpha value is -2.29. The minimum atomic E-state index is -0.577. The van der Waals surface area contributed by atoms with Gasteiger partial charge in [-0.2, -0.15) is 0 Å². The van der Waals surface area contributed by atoms with E-state index in [1.54, 1.807) is 9.80 Å². The molecule has 0 saturated carbocycles. The lowest BCUT2D eigenvalue weighted by Crippen LogP contribution is -2.50. The molecule has 0 aromatic carbocycles. The largest absolute Gasteiger partial charge is 0.444 e. The van der Waals surface area contributed by atoms with Crippen molar-refractivity contribution in [3.63, 3.8) is 0 Å². The summed E-state index contributed by atoms with van der Waals surface area (Å²) in [7, 11) is 0. The number of amides is 3. The Morgan fingerprint density at radius 3 is 2.78 bits per heavy atom. The molecule has 2 atom stereocenters. The first-order chi connectivity index (χ1) is 12.7. The first-order valence-electron chi connectivity index (χ1n) is 9.32. The summed E-state index contributed by atoms with van der Waals surface area (Å²) in [5.74, 6) is 0. The molecule has 2 N–H and O–H groups in total. The summed E-state index contributed by atoms with van der Waals surface area (Å²) < 4.78 is 11.0. The van der Waals surface area contributed by atoms with Crippen LogP contribution in [0.25, 0.3) is 0 Å². The standard InChI is InChI=1S/C18H29N5O4/c1-12-8-20-14(10-22(12)17(25)27-18(2,3)4)15(7-19)23-9-13-11-26-6-5-21(13)16(23)24/h7,12-13H,5-6,8-11,19H2,1-4H3/t12-,13?/m0/s1. The molecule has 1 unspecified atom stereocenters. The molecule has 3 heterocycles. The molecular weight excluding hydrogens is 350 g/mol. The van der Waals surface area contributed by atoms with Crippen LogP contribution in [0.2, 0.25) is 0 Å². The molecule has 27 heavy (non-hydrogen) atoms. The van der Waals surface area contributed by atoms with Crippen molar-refractivity contribution >= 4 is 17.8 Å². The minimum Gasteiger partial charge on any atom is -0.444 e. The molecule has 3 aliphatic rings. The zero-order valence-electron chi connectivity index (χ0n) is 16.5. The molecule has 3 amide bonds. The van der Waals surface area contributed by atoms with Gasteiger partial charge in [0.25, 0.3) is 0 Å². The van der Waals surface area contributed by atoms with Gasteiger partial charge in [0.05, 0.1) is 56.3 Å². The summed E-state index contributed by atoms with van der Waals surface area (Å²) in [6.07, 6.45) is 1.01. The van der Waals surface area contributed by atoms with Gasteiger partial charge in [0.1, 0.15) is 5.60 Å². The van der Waals surface area contributed by atoms with Crippen molar-refractivity contribution in [2.75, 3.05) is 39.4 Å². The van der Waals surface area contributed by atoms with Crippen LogP contribution in [0.4, 0.5) is 9.59 Å². The molecule has 0 aromatic rings. The summed E-state index contributed by atoms with van der Waals surface area (Å²) in [4.78, 5) is 35.0. The zero-order valence-corrected chi connectivity index (χ0v) is 16.5. The van der Waals surface area contributed by atoms with Gasteiger partial charge >= 0.3 is 12.1 Å². The van der Waals surface area contributed by atoms with Gasteiger partial charge in [0.15, 0.2) is 0 Å². The van der Waals surface area contributed by atoms with Crippen LogP contribution in [-0.4, -0.2) is 89.6 Å². The SMILES string of the molecule is C[C@H]1CN=C(C(=CN)N2CC3COCCN3C2=O)CN1C(=O)OC(C)(C)C. The van der Waals surface area contributed by atoms with Gasteiger partial charge in [-0.3, -0.25) is 14.8 Å². The number of fused-ring (bicyclic) bond motifs is 1. The fourth-order valence-corrected chi connectivity index (χ4v) is 3.48. The highest BCUT2D eigenvalue weighted by molar-refractivity contribution is 6.05. The van der Waals surface area contributed by atoms with E-state index in [1.807, 2.05) is 32.6 Å². The second-order valence-electron chi connectivity index (χ2n) is 8.11. The maximum Gasteiger partial charge on any atom is 0.410 e. The van der Waals surface area contributed by atoms with E-state index in [0.717, 1.165) is 0 Å². The highest BCUT2D eigenvalue weighted by atomic mass is 16.6. The second-order valence-corrected chi connectivity index (χ2v) is 8.11. The molecule has 0 aromatic heterocycles. The monoisotopic (exact) mass is 379 g/mol. The number of rotatable bonds is 2. The molecule has 0 spiro atoms. The predicted octanol–water partition coefficient (Wildman–Crippen LogP) is 1.00. The molecule has 2 saturated heterocycles. The van der Waals surface area contributed by atoms with Gasteiger partial charge in [-0.25, -0.2) is 9.59 Å². The topological polar surface area (TPSA) is 101 Å². The Morgan fingerprint density at radius 1 is 1.41 bits per heavy atom. The minimum absolute atomic E-state index is 0.0197. The highest BCUT2D eigenvalue weighted by Crippen LogP contribution is 2.25. The molecule has 3 aliphatic heterocycles. The van der Waals surface area contributed by atoms with Crippen LogP contribution in [0, 0.1) is 0 Å². The van der Waals surface area contributed by atoms with E-state index in [1.165, 1.54) is 6.20 Å². The Bertz CT molecular complexity index is 669. The van der Waals surface area contributed by atoms with Crippen molar-refractivity contribution in [1.29, 1.82) is 0 Å². The van der Waals surface area contributed by atoms with E-state index >= 15 is 0 Å². The summed E-state index contributed by atoms with van der Waals surface area (Å²) >= 11 is 0. The van der Waals surface area contributed by atoms with Crippen LogP contribution in [-0.2, 0) is 9.47 Å². The predicted molar refractivity (Wildman–Crippen MR) is 100 cm³/mol. The van der Waals surface area contributed by atoms with Gasteiger partial charge in [0.2, 0.25) is 0 Å². The van der Waals surface area contributed by atoms with Crippen LogP contribution in [0.1, 0.15) is 27.7 Å². The maximum atomic E-state index is 12.8. The van der Waals surface area contributed by atoms with E-state index in [9.17, 15) is 9.59 Å². The van der Waals surface area contributed by atoms with Gasteiger partial charge in [-0.05, 0) is 27.7 Å². The molecule has 0 aliphatic carbocycles. The summed E-state index contributed by atoms with van der Waals surface area (Å²) in [5, 5.41) is 0. The lowest BCUT2D eigenvalue weighted by Gasteiger charge is -2.35. The summed E-state index contributed by atoms with van der Waals surface area (Å²) in [5.41, 5.74) is 6.47. The third-order valence-corrected chi connectivity index (χ3v) is 4.87. The fraction of sp³-hybridized carbons (Fsp3) is 0.722. The lowest BCUT2D eigenvalue weighted by atomic mass is 10.1. The van der Waals surface area contributed by atoms with E-state index in [0.29, 0.717) is 44.3 Å². The van der Waals surface area contributed by atoms with Crippen molar-refractivity contribution in [3.05, 3.63) is 11.9 Å². The summed E-state index contributed by atoms with van der Waals surface area (Å²) in [6.45, 7) is 10.3. The summed E-state index contributed by atoms with van der Waals surface area (Å²) in [6, 6.07) is -0.159. The van der Waals surface area contributed by atoms with Crippen LogP contribution in [0.5, 0.6) is 0 Å². The van der Waals surface area contributed by atoms with E-state index in [4.69, 9.17) is 15.2 Å². The average Bonchev–Trinajstić information content (AvgIpc) is 2.92. The van der Waals surface area contributed by atoms with E-state index < -0.39 is 11.7 Å². The van der Waals surface area contributed by atoms with Crippen LogP contribution >= 0.6 is 0 Å². The van der Waals surface area contributed by atoms with E-state index in [2.05, 4.69) is 4.99 Å². The van der Waals surface area contributed by atoms with Gasteiger partial charge in [0, 0.05) is 12.7 Å². The van der Waals surface area contributed by atoms with Crippen LogP contribution < -0.4 is 5.73 Å². The molecule has 150 valence electrons. The molecule has 9 nitrogen and oxygen atoms in total. The number of hydrogen-bond donors (Lipinski definition) is 1. The molecule has 2 fully saturated rings. The highest BCUT2D eigenvalue weighted by Gasteiger charge is 2.42. The Labute approximate surface area is 159 Å². The van der Waals surface area contributed by atoms with E-state index in [-0.39, 0.29) is 24.7 Å².